The van der Waals surface area contributed by atoms with Gasteiger partial charge in [0.05, 0.1) is 16.3 Å². The monoisotopic (exact) mass is 281 g/mol. The minimum atomic E-state index is -1.21. The van der Waals surface area contributed by atoms with Crippen LogP contribution in [0.2, 0.25) is 5.02 Å². The van der Waals surface area contributed by atoms with E-state index in [9.17, 15) is 9.59 Å². The van der Waals surface area contributed by atoms with Gasteiger partial charge in [-0.15, -0.1) is 0 Å². The first-order chi connectivity index (χ1) is 8.99. The molecule has 2 rings (SSSR count). The summed E-state index contributed by atoms with van der Waals surface area (Å²) >= 11 is 5.87. The summed E-state index contributed by atoms with van der Waals surface area (Å²) in [5, 5.41) is 14.9. The smallest absolute Gasteiger partial charge is 0.337 e. The highest BCUT2D eigenvalue weighted by atomic mass is 35.5. The molecule has 1 heterocycles. The third kappa shape index (κ3) is 2.71. The molecule has 0 unspecified atom stereocenters. The van der Waals surface area contributed by atoms with Gasteiger partial charge in [0.25, 0.3) is 11.7 Å². The Morgan fingerprint density at radius 3 is 2.74 bits per heavy atom. The van der Waals surface area contributed by atoms with Crippen LogP contribution < -0.4 is 5.32 Å². The van der Waals surface area contributed by atoms with Gasteiger partial charge in [0.2, 0.25) is 5.89 Å². The molecule has 1 aromatic heterocycles. The second kappa shape index (κ2) is 5.07. The summed E-state index contributed by atoms with van der Waals surface area (Å²) in [5.74, 6) is -1.88. The fourth-order valence-corrected chi connectivity index (χ4v) is 1.61. The molecule has 0 aliphatic heterocycles. The number of nitrogens with one attached hydrogen (secondary N) is 1. The number of carbonyl (C=O) groups excluding carboxylic acids is 1. The second-order valence-corrected chi connectivity index (χ2v) is 3.97. The molecule has 0 radical (unpaired) electrons. The Morgan fingerprint density at radius 2 is 2.16 bits per heavy atom. The van der Waals surface area contributed by atoms with E-state index >= 15 is 0 Å². The standard InChI is InChI=1S/C11H8ClN3O4/c1-5-13-9(15-19-5)10(16)14-8-6(11(17)18)3-2-4-7(8)12/h2-4H,1H3,(H,14,16)(H,17,18). The molecule has 2 aromatic rings. The van der Waals surface area contributed by atoms with Crippen LogP contribution in [0, 0.1) is 6.92 Å². The molecule has 0 spiro atoms. The second-order valence-electron chi connectivity index (χ2n) is 3.56. The van der Waals surface area contributed by atoms with Crippen molar-refractivity contribution in [2.75, 3.05) is 5.32 Å². The average Bonchev–Trinajstić information content (AvgIpc) is 2.78. The molecule has 7 nitrogen and oxygen atoms in total. The molecule has 19 heavy (non-hydrogen) atoms. The maximum Gasteiger partial charge on any atom is 0.337 e. The quantitative estimate of drug-likeness (QED) is 0.891. The summed E-state index contributed by atoms with van der Waals surface area (Å²) in [6.45, 7) is 1.53. The SMILES string of the molecule is Cc1nc(C(=O)Nc2c(Cl)cccc2C(=O)O)no1. The van der Waals surface area contributed by atoms with Gasteiger partial charge in [-0.25, -0.2) is 4.79 Å². The van der Waals surface area contributed by atoms with Crippen molar-refractivity contribution in [1.29, 1.82) is 0 Å². The van der Waals surface area contributed by atoms with Crippen LogP contribution in [0.3, 0.4) is 0 Å². The van der Waals surface area contributed by atoms with Crippen molar-refractivity contribution in [3.63, 3.8) is 0 Å². The highest BCUT2D eigenvalue weighted by Gasteiger charge is 2.19. The van der Waals surface area contributed by atoms with Crippen molar-refractivity contribution < 1.29 is 19.2 Å². The van der Waals surface area contributed by atoms with E-state index in [-0.39, 0.29) is 28.0 Å². The Bertz CT molecular complexity index is 653. The number of aromatic nitrogens is 2. The molecule has 0 bridgehead atoms. The first-order valence-electron chi connectivity index (χ1n) is 5.12. The summed E-state index contributed by atoms with van der Waals surface area (Å²) in [5.41, 5.74) is -0.134. The largest absolute Gasteiger partial charge is 0.478 e. The van der Waals surface area contributed by atoms with Gasteiger partial charge >= 0.3 is 5.97 Å². The van der Waals surface area contributed by atoms with E-state index in [0.29, 0.717) is 0 Å². The fraction of sp³-hybridized carbons (Fsp3) is 0.0909. The van der Waals surface area contributed by atoms with E-state index in [0.717, 1.165) is 0 Å². The van der Waals surface area contributed by atoms with Crippen molar-refractivity contribution in [2.24, 2.45) is 0 Å². The van der Waals surface area contributed by atoms with Gasteiger partial charge < -0.3 is 14.9 Å². The fourth-order valence-electron chi connectivity index (χ4n) is 1.39. The van der Waals surface area contributed by atoms with Gasteiger partial charge in [0.15, 0.2) is 0 Å². The van der Waals surface area contributed by atoms with Gasteiger partial charge in [-0.1, -0.05) is 22.8 Å². The molecule has 2 N–H and O–H groups in total. The lowest BCUT2D eigenvalue weighted by molar-refractivity contribution is 0.0698. The predicted octanol–water partition coefficient (Wildman–Crippen LogP) is 1.98. The van der Waals surface area contributed by atoms with Crippen molar-refractivity contribution >= 4 is 29.2 Å². The number of carboxylic acid groups (broad SMARTS) is 1. The number of carboxylic acids is 1. The zero-order chi connectivity index (χ0) is 14.0. The van der Waals surface area contributed by atoms with Crippen molar-refractivity contribution in [3.05, 3.63) is 40.5 Å². The van der Waals surface area contributed by atoms with Crippen LogP contribution in [-0.2, 0) is 0 Å². The maximum absolute atomic E-state index is 11.8. The molecular formula is C11H8ClN3O4. The molecule has 1 aromatic carbocycles. The van der Waals surface area contributed by atoms with Gasteiger partial charge in [-0.05, 0) is 12.1 Å². The summed E-state index contributed by atoms with van der Waals surface area (Å²) in [6.07, 6.45) is 0. The first kappa shape index (κ1) is 13.0. The van der Waals surface area contributed by atoms with E-state index in [2.05, 4.69) is 20.0 Å². The lowest BCUT2D eigenvalue weighted by Crippen LogP contribution is -2.16. The van der Waals surface area contributed by atoms with Gasteiger partial charge in [0.1, 0.15) is 0 Å². The minimum absolute atomic E-state index is 0.0101. The first-order valence-corrected chi connectivity index (χ1v) is 5.50. The number of hydrogen-bond donors (Lipinski definition) is 2. The molecule has 0 saturated heterocycles. The average molecular weight is 282 g/mol. The number of rotatable bonds is 3. The van der Waals surface area contributed by atoms with Crippen LogP contribution in [0.25, 0.3) is 0 Å². The third-order valence-electron chi connectivity index (χ3n) is 2.21. The number of nitrogens with zero attached hydrogens (tertiary/aromatic N) is 2. The van der Waals surface area contributed by atoms with Crippen molar-refractivity contribution in [1.82, 2.24) is 10.1 Å². The van der Waals surface area contributed by atoms with Crippen molar-refractivity contribution in [3.8, 4) is 0 Å². The molecule has 1 amide bonds. The molecule has 0 atom stereocenters. The van der Waals surface area contributed by atoms with Crippen molar-refractivity contribution in [2.45, 2.75) is 6.92 Å². The number of para-hydroxylation sites is 1. The number of anilines is 1. The summed E-state index contributed by atoms with van der Waals surface area (Å²) in [7, 11) is 0. The van der Waals surface area contributed by atoms with E-state index in [1.807, 2.05) is 0 Å². The zero-order valence-corrected chi connectivity index (χ0v) is 10.4. The number of aryl methyl sites for hydroxylation is 1. The van der Waals surface area contributed by atoms with Crippen LogP contribution in [0.4, 0.5) is 5.69 Å². The number of carbonyl (C=O) groups is 2. The maximum atomic E-state index is 11.8. The molecular weight excluding hydrogens is 274 g/mol. The number of amides is 1. The van der Waals surface area contributed by atoms with Gasteiger partial charge in [-0.2, -0.15) is 4.98 Å². The molecule has 0 aliphatic carbocycles. The Kier molecular flexibility index (Phi) is 3.48. The Hall–Kier alpha value is -2.41. The number of benzene rings is 1. The molecule has 0 saturated carbocycles. The number of hydrogen-bond acceptors (Lipinski definition) is 5. The van der Waals surface area contributed by atoms with E-state index < -0.39 is 11.9 Å². The summed E-state index contributed by atoms with van der Waals surface area (Å²) in [4.78, 5) is 26.6. The minimum Gasteiger partial charge on any atom is -0.478 e. The van der Waals surface area contributed by atoms with Gasteiger partial charge in [0, 0.05) is 6.92 Å². The van der Waals surface area contributed by atoms with E-state index in [1.165, 1.54) is 25.1 Å². The van der Waals surface area contributed by atoms with Crippen LogP contribution in [0.1, 0.15) is 26.9 Å². The lowest BCUT2D eigenvalue weighted by atomic mass is 10.2. The molecule has 98 valence electrons. The van der Waals surface area contributed by atoms with Crippen LogP contribution in [0.15, 0.2) is 22.7 Å². The number of halogens is 1. The highest BCUT2D eigenvalue weighted by Crippen LogP contribution is 2.26. The summed E-state index contributed by atoms with van der Waals surface area (Å²) < 4.78 is 4.66. The topological polar surface area (TPSA) is 105 Å². The zero-order valence-electron chi connectivity index (χ0n) is 9.68. The lowest BCUT2D eigenvalue weighted by Gasteiger charge is -2.08. The van der Waals surface area contributed by atoms with Crippen LogP contribution in [-0.4, -0.2) is 27.1 Å². The van der Waals surface area contributed by atoms with Gasteiger partial charge in [-0.3, -0.25) is 4.79 Å². The summed E-state index contributed by atoms with van der Waals surface area (Å²) in [6, 6.07) is 4.26. The Morgan fingerprint density at radius 1 is 1.42 bits per heavy atom. The van der Waals surface area contributed by atoms with E-state index in [4.69, 9.17) is 16.7 Å². The molecule has 0 aliphatic rings. The molecule has 0 fully saturated rings. The third-order valence-corrected chi connectivity index (χ3v) is 2.53. The van der Waals surface area contributed by atoms with Crippen LogP contribution in [0.5, 0.6) is 0 Å². The highest BCUT2D eigenvalue weighted by molar-refractivity contribution is 6.34. The normalized spacial score (nSPS) is 10.2. The van der Waals surface area contributed by atoms with Crippen LogP contribution >= 0.6 is 11.6 Å². The number of aromatic carboxylic acids is 1. The Balaban J connectivity index is 2.33. The Labute approximate surface area is 112 Å². The van der Waals surface area contributed by atoms with E-state index in [1.54, 1.807) is 0 Å². The molecule has 8 heteroatoms. The predicted molar refractivity (Wildman–Crippen MR) is 65.4 cm³/mol.